The lowest BCUT2D eigenvalue weighted by molar-refractivity contribution is -0.0191. The van der Waals surface area contributed by atoms with Crippen molar-refractivity contribution in [3.8, 4) is 5.75 Å². The highest BCUT2D eigenvalue weighted by Gasteiger charge is 2.40. The molecule has 2 atom stereocenters. The lowest BCUT2D eigenvalue weighted by atomic mass is 9.96. The highest BCUT2D eigenvalue weighted by molar-refractivity contribution is 9.10. The molecule has 0 N–H and O–H groups in total. The molecule has 0 fully saturated rings. The van der Waals surface area contributed by atoms with Crippen LogP contribution in [0, 0.1) is 5.82 Å². The molecule has 5 heteroatoms. The van der Waals surface area contributed by atoms with Gasteiger partial charge in [-0.15, -0.1) is 0 Å². The molecule has 5 rings (SSSR count). The number of ether oxygens (including phenoxy) is 1. The summed E-state index contributed by atoms with van der Waals surface area (Å²) in [5, 5.41) is 6.91. The number of fused-ring (bicyclic) bond motifs is 3. The summed E-state index contributed by atoms with van der Waals surface area (Å²) in [6, 6.07) is 23.3. The number of hydrazone groups is 1. The van der Waals surface area contributed by atoms with Gasteiger partial charge >= 0.3 is 0 Å². The monoisotopic (exact) mass is 422 g/mol. The Bertz CT molecular complexity index is 1040. The second-order valence-corrected chi connectivity index (χ2v) is 7.55. The Hall–Kier alpha value is -2.66. The molecular weight excluding hydrogens is 407 g/mol. The average Bonchev–Trinajstić information content (AvgIpc) is 3.16. The Labute approximate surface area is 165 Å². The van der Waals surface area contributed by atoms with Crippen LogP contribution in [0.5, 0.6) is 5.75 Å². The topological polar surface area (TPSA) is 24.8 Å². The number of rotatable bonds is 2. The van der Waals surface area contributed by atoms with Crippen molar-refractivity contribution in [1.82, 2.24) is 5.01 Å². The molecule has 0 amide bonds. The largest absolute Gasteiger partial charge is 0.464 e. The van der Waals surface area contributed by atoms with Crippen LogP contribution < -0.4 is 4.74 Å². The Kier molecular flexibility index (Phi) is 3.97. The predicted molar refractivity (Wildman–Crippen MR) is 106 cm³/mol. The molecule has 3 aromatic rings. The minimum Gasteiger partial charge on any atom is -0.464 e. The van der Waals surface area contributed by atoms with Gasteiger partial charge in [0.25, 0.3) is 0 Å². The summed E-state index contributed by atoms with van der Waals surface area (Å²) >= 11 is 3.28. The number of para-hydroxylation sites is 1. The van der Waals surface area contributed by atoms with E-state index in [1.165, 1.54) is 6.07 Å². The maximum atomic E-state index is 13.7. The van der Waals surface area contributed by atoms with E-state index in [-0.39, 0.29) is 11.9 Å². The van der Waals surface area contributed by atoms with Crippen LogP contribution in [0.4, 0.5) is 4.39 Å². The van der Waals surface area contributed by atoms with E-state index in [9.17, 15) is 4.39 Å². The summed E-state index contributed by atoms with van der Waals surface area (Å²) in [6.07, 6.45) is 0.409. The minimum atomic E-state index is -0.400. The van der Waals surface area contributed by atoms with Gasteiger partial charge < -0.3 is 4.74 Å². The zero-order chi connectivity index (χ0) is 18.4. The van der Waals surface area contributed by atoms with E-state index < -0.39 is 6.23 Å². The van der Waals surface area contributed by atoms with Crippen LogP contribution in [-0.2, 0) is 0 Å². The lowest BCUT2D eigenvalue weighted by Gasteiger charge is -2.38. The second-order valence-electron chi connectivity index (χ2n) is 6.69. The Morgan fingerprint density at radius 2 is 1.78 bits per heavy atom. The van der Waals surface area contributed by atoms with Crippen LogP contribution in [0.2, 0.25) is 0 Å². The number of hydrogen-bond donors (Lipinski definition) is 0. The summed E-state index contributed by atoms with van der Waals surface area (Å²) < 4.78 is 20.4. The van der Waals surface area contributed by atoms with Crippen molar-refractivity contribution in [2.45, 2.75) is 18.7 Å². The molecule has 2 heterocycles. The molecule has 3 nitrogen and oxygen atoms in total. The van der Waals surface area contributed by atoms with Gasteiger partial charge in [-0.05, 0) is 39.7 Å². The first-order valence-corrected chi connectivity index (χ1v) is 9.62. The van der Waals surface area contributed by atoms with Gasteiger partial charge in [-0.2, -0.15) is 5.10 Å². The molecule has 0 saturated heterocycles. The molecule has 0 aromatic heterocycles. The van der Waals surface area contributed by atoms with Gasteiger partial charge in [0.2, 0.25) is 6.23 Å². The van der Waals surface area contributed by atoms with E-state index in [1.807, 2.05) is 41.4 Å². The van der Waals surface area contributed by atoms with Crippen LogP contribution in [0.3, 0.4) is 0 Å². The van der Waals surface area contributed by atoms with Crippen molar-refractivity contribution >= 4 is 21.6 Å². The van der Waals surface area contributed by atoms with Crippen LogP contribution >= 0.6 is 15.9 Å². The molecule has 134 valence electrons. The second kappa shape index (κ2) is 6.50. The fourth-order valence-electron chi connectivity index (χ4n) is 3.73. The zero-order valence-electron chi connectivity index (χ0n) is 14.3. The quantitative estimate of drug-likeness (QED) is 0.518. The summed E-state index contributed by atoms with van der Waals surface area (Å²) in [5.41, 5.74) is 4.14. The molecule has 0 unspecified atom stereocenters. The normalized spacial score (nSPS) is 20.5. The SMILES string of the molecule is Fc1ccc([C@@H]2Oc3ccccc3[C@H]3CC(c4ccccc4)=NN32)cc1Br. The van der Waals surface area contributed by atoms with Gasteiger partial charge in [0, 0.05) is 17.5 Å². The number of benzene rings is 3. The fourth-order valence-corrected chi connectivity index (χ4v) is 4.12. The van der Waals surface area contributed by atoms with Crippen LogP contribution in [0.25, 0.3) is 0 Å². The van der Waals surface area contributed by atoms with E-state index in [0.29, 0.717) is 4.47 Å². The lowest BCUT2D eigenvalue weighted by Crippen LogP contribution is -2.33. The highest BCUT2D eigenvalue weighted by atomic mass is 79.9. The molecule has 0 radical (unpaired) electrons. The molecule has 2 aliphatic rings. The minimum absolute atomic E-state index is 0.0963. The van der Waals surface area contributed by atoms with E-state index in [4.69, 9.17) is 9.84 Å². The molecule has 3 aromatic carbocycles. The van der Waals surface area contributed by atoms with Crippen molar-refractivity contribution in [1.29, 1.82) is 0 Å². The molecular formula is C22H16BrFN2O. The fraction of sp³-hybridized carbons (Fsp3) is 0.136. The Morgan fingerprint density at radius 3 is 2.59 bits per heavy atom. The summed E-state index contributed by atoms with van der Waals surface area (Å²) in [6.45, 7) is 0. The summed E-state index contributed by atoms with van der Waals surface area (Å²) in [4.78, 5) is 0. The third-order valence-corrected chi connectivity index (χ3v) is 5.64. The maximum absolute atomic E-state index is 13.7. The number of nitrogens with zero attached hydrogens (tertiary/aromatic N) is 2. The van der Waals surface area contributed by atoms with E-state index in [0.717, 1.165) is 34.6 Å². The van der Waals surface area contributed by atoms with Crippen LogP contribution in [0.1, 0.15) is 35.4 Å². The predicted octanol–water partition coefficient (Wildman–Crippen LogP) is 5.83. The van der Waals surface area contributed by atoms with Gasteiger partial charge in [-0.3, -0.25) is 0 Å². The maximum Gasteiger partial charge on any atom is 0.213 e. The first-order valence-electron chi connectivity index (χ1n) is 8.82. The Balaban J connectivity index is 1.61. The third kappa shape index (κ3) is 2.82. The Morgan fingerprint density at radius 1 is 1.00 bits per heavy atom. The molecule has 0 aliphatic carbocycles. The summed E-state index contributed by atoms with van der Waals surface area (Å²) in [7, 11) is 0. The van der Waals surface area contributed by atoms with Gasteiger partial charge in [-0.25, -0.2) is 9.40 Å². The van der Waals surface area contributed by atoms with Crippen LogP contribution in [-0.4, -0.2) is 10.7 Å². The third-order valence-electron chi connectivity index (χ3n) is 5.03. The van der Waals surface area contributed by atoms with Crippen molar-refractivity contribution in [3.05, 3.63) is 99.8 Å². The van der Waals surface area contributed by atoms with E-state index in [2.05, 4.69) is 34.1 Å². The summed E-state index contributed by atoms with van der Waals surface area (Å²) in [5.74, 6) is 0.565. The number of hydrogen-bond acceptors (Lipinski definition) is 3. The molecule has 2 aliphatic heterocycles. The molecule has 27 heavy (non-hydrogen) atoms. The van der Waals surface area contributed by atoms with Gasteiger partial charge in [0.05, 0.1) is 16.2 Å². The molecule has 0 saturated carbocycles. The van der Waals surface area contributed by atoms with Crippen LogP contribution in [0.15, 0.2) is 82.4 Å². The van der Waals surface area contributed by atoms with Crippen molar-refractivity contribution in [2.75, 3.05) is 0 Å². The molecule has 0 spiro atoms. The first kappa shape index (κ1) is 16.5. The molecule has 0 bridgehead atoms. The van der Waals surface area contributed by atoms with E-state index in [1.54, 1.807) is 12.1 Å². The standard InChI is InChI=1S/C22H16BrFN2O/c23-17-12-15(10-11-18(17)24)22-26-20(16-8-4-5-9-21(16)27-22)13-19(25-26)14-6-2-1-3-7-14/h1-12,20,22H,13H2/t20-,22+/m1/s1. The van der Waals surface area contributed by atoms with Gasteiger partial charge in [0.1, 0.15) is 11.6 Å². The highest BCUT2D eigenvalue weighted by Crippen LogP contribution is 2.47. The van der Waals surface area contributed by atoms with Crippen molar-refractivity contribution < 1.29 is 9.13 Å². The van der Waals surface area contributed by atoms with Gasteiger partial charge in [-0.1, -0.05) is 54.6 Å². The van der Waals surface area contributed by atoms with Crippen molar-refractivity contribution in [3.63, 3.8) is 0 Å². The number of halogens is 2. The van der Waals surface area contributed by atoms with Gasteiger partial charge in [0.15, 0.2) is 0 Å². The van der Waals surface area contributed by atoms with E-state index >= 15 is 0 Å². The smallest absolute Gasteiger partial charge is 0.213 e. The van der Waals surface area contributed by atoms with Crippen molar-refractivity contribution in [2.24, 2.45) is 5.10 Å². The average molecular weight is 423 g/mol. The first-order chi connectivity index (χ1) is 13.2. The zero-order valence-corrected chi connectivity index (χ0v) is 15.9.